The van der Waals surface area contributed by atoms with Crippen LogP contribution in [0, 0.1) is 16.7 Å². The maximum atomic E-state index is 13.2. The van der Waals surface area contributed by atoms with Crippen LogP contribution in [0.5, 0.6) is 0 Å². The van der Waals surface area contributed by atoms with Gasteiger partial charge in [0.2, 0.25) is 5.55 Å². The highest BCUT2D eigenvalue weighted by Crippen LogP contribution is 2.49. The molecule has 0 unspecified atom stereocenters. The fraction of sp³-hybridized carbons (Fsp3) is 0.294. The van der Waals surface area contributed by atoms with Gasteiger partial charge in [0.25, 0.3) is 0 Å². The Hall–Kier alpha value is -1.84. The van der Waals surface area contributed by atoms with Crippen molar-refractivity contribution in [1.82, 2.24) is 0 Å². The predicted octanol–water partition coefficient (Wildman–Crippen LogP) is 3.91. The molecule has 6 nitrogen and oxygen atoms in total. The summed E-state index contributed by atoms with van der Waals surface area (Å²) in [6, 6.07) is 11.2. The molecule has 1 aromatic carbocycles. The highest BCUT2D eigenvalue weighted by atomic mass is 32.2. The average molecular weight is 378 g/mol. The molecule has 0 aliphatic carbocycles. The third-order valence-electron chi connectivity index (χ3n) is 3.31. The van der Waals surface area contributed by atoms with Crippen LogP contribution in [-0.2, 0) is 13.6 Å². The number of rotatable bonds is 7. The van der Waals surface area contributed by atoms with E-state index < -0.39 is 7.60 Å². The summed E-state index contributed by atoms with van der Waals surface area (Å²) >= 11 is 1.21. The van der Waals surface area contributed by atoms with Gasteiger partial charge in [0.1, 0.15) is 16.9 Å². The lowest BCUT2D eigenvalue weighted by Crippen LogP contribution is -2.29. The first kappa shape index (κ1) is 19.5. The highest BCUT2D eigenvalue weighted by molar-refractivity contribution is 7.99. The normalized spacial score (nSPS) is 11.3. The summed E-state index contributed by atoms with van der Waals surface area (Å²) in [5.41, 5.74) is 0.550. The van der Waals surface area contributed by atoms with E-state index in [4.69, 9.17) is 18.9 Å². The lowest BCUT2D eigenvalue weighted by molar-refractivity contribution is 0.228. The van der Waals surface area contributed by atoms with E-state index >= 15 is 0 Å². The summed E-state index contributed by atoms with van der Waals surface area (Å²) in [5.74, 6) is 0.265. The summed E-state index contributed by atoms with van der Waals surface area (Å²) in [5, 5.41) is 17.9. The number of hydrogen-bond donors (Lipinski definition) is 1. The number of nitrogens with one attached hydrogen (secondary N) is 1. The van der Waals surface area contributed by atoms with E-state index in [0.29, 0.717) is 10.5 Å². The van der Waals surface area contributed by atoms with Crippen molar-refractivity contribution < 1.29 is 18.0 Å². The van der Waals surface area contributed by atoms with Crippen LogP contribution in [0.4, 0.5) is 0 Å². The van der Waals surface area contributed by atoms with Crippen LogP contribution in [0.2, 0.25) is 0 Å². The van der Waals surface area contributed by atoms with Gasteiger partial charge in [-0.1, -0.05) is 30.3 Å². The molecule has 25 heavy (non-hydrogen) atoms. The standard InChI is InChI=1S/C17H19N2O4PS/c1-4-21-24(20,22-5-2)15-16(25-3)13(11-18)14(23-17(15)19)12-9-7-6-8-10-12/h6-10,19H,4-5H2,1-3H3. The van der Waals surface area contributed by atoms with Crippen LogP contribution in [-0.4, -0.2) is 19.5 Å². The van der Waals surface area contributed by atoms with Gasteiger partial charge in [0.05, 0.1) is 13.2 Å². The molecular weight excluding hydrogens is 359 g/mol. The second-order valence-electron chi connectivity index (χ2n) is 4.83. The molecular formula is C17H19N2O4PS. The molecule has 0 fully saturated rings. The van der Waals surface area contributed by atoms with E-state index in [1.165, 1.54) is 11.8 Å². The quantitative estimate of drug-likeness (QED) is 0.580. The molecule has 0 saturated heterocycles. The average Bonchev–Trinajstić information content (AvgIpc) is 2.61. The van der Waals surface area contributed by atoms with E-state index in [1.807, 2.05) is 18.2 Å². The Balaban J connectivity index is 2.83. The molecule has 0 atom stereocenters. The molecule has 1 heterocycles. The predicted molar refractivity (Wildman–Crippen MR) is 97.0 cm³/mol. The van der Waals surface area contributed by atoms with Crippen LogP contribution in [0.25, 0.3) is 11.3 Å². The van der Waals surface area contributed by atoms with Crippen molar-refractivity contribution >= 4 is 24.7 Å². The third-order valence-corrected chi connectivity index (χ3v) is 6.45. The second kappa shape index (κ2) is 8.50. The van der Waals surface area contributed by atoms with Gasteiger partial charge in [-0.2, -0.15) is 5.26 Å². The van der Waals surface area contributed by atoms with Gasteiger partial charge < -0.3 is 13.5 Å². The molecule has 0 amide bonds. The molecule has 2 rings (SSSR count). The number of nitriles is 1. The molecule has 0 spiro atoms. The monoisotopic (exact) mass is 378 g/mol. The summed E-state index contributed by atoms with van der Waals surface area (Å²) in [6.07, 6.45) is 1.75. The van der Waals surface area contributed by atoms with Crippen molar-refractivity contribution in [3.8, 4) is 17.4 Å². The second-order valence-corrected chi connectivity index (χ2v) is 7.60. The highest BCUT2D eigenvalue weighted by Gasteiger charge is 2.35. The van der Waals surface area contributed by atoms with Crippen molar-refractivity contribution in [3.63, 3.8) is 0 Å². The molecule has 132 valence electrons. The summed E-state index contributed by atoms with van der Waals surface area (Å²) in [6.45, 7) is 3.67. The lowest BCUT2D eigenvalue weighted by Gasteiger charge is -2.20. The van der Waals surface area contributed by atoms with Gasteiger partial charge >= 0.3 is 7.60 Å². The third kappa shape index (κ3) is 3.88. The molecule has 8 heteroatoms. The molecule has 1 N–H and O–H groups in total. The smallest absolute Gasteiger partial charge is 0.367 e. The van der Waals surface area contributed by atoms with Crippen LogP contribution >= 0.6 is 19.4 Å². The Morgan fingerprint density at radius 2 is 1.84 bits per heavy atom. The summed E-state index contributed by atoms with van der Waals surface area (Å²) < 4.78 is 29.5. The van der Waals surface area contributed by atoms with E-state index in [-0.39, 0.29) is 35.4 Å². The Labute approximate surface area is 150 Å². The largest absolute Gasteiger partial charge is 0.437 e. The summed E-state index contributed by atoms with van der Waals surface area (Å²) in [4.78, 5) is 0.378. The van der Waals surface area contributed by atoms with E-state index in [2.05, 4.69) is 6.07 Å². The van der Waals surface area contributed by atoms with Crippen LogP contribution in [0.1, 0.15) is 19.4 Å². The van der Waals surface area contributed by atoms with Crippen molar-refractivity contribution in [2.24, 2.45) is 0 Å². The number of hydrogen-bond acceptors (Lipinski definition) is 7. The SMILES string of the molecule is CCOP(=O)(OCC)c1c(SC)c(C#N)c(-c2ccccc2)oc1=N. The minimum atomic E-state index is -3.77. The Morgan fingerprint density at radius 3 is 2.32 bits per heavy atom. The van der Waals surface area contributed by atoms with Gasteiger partial charge in [-0.15, -0.1) is 11.8 Å². The topological polar surface area (TPSA) is 96.3 Å². The molecule has 0 radical (unpaired) electrons. The Morgan fingerprint density at radius 1 is 1.24 bits per heavy atom. The van der Waals surface area contributed by atoms with Crippen molar-refractivity contribution in [3.05, 3.63) is 41.4 Å². The molecule has 1 aromatic heterocycles. The van der Waals surface area contributed by atoms with E-state index in [0.717, 1.165) is 0 Å². The van der Waals surface area contributed by atoms with Crippen LogP contribution < -0.4 is 10.9 Å². The maximum absolute atomic E-state index is 13.2. The minimum absolute atomic E-state index is 0.0000638. The van der Waals surface area contributed by atoms with Crippen molar-refractivity contribution in [2.45, 2.75) is 18.7 Å². The Bertz CT molecular complexity index is 880. The van der Waals surface area contributed by atoms with Gasteiger partial charge in [-0.3, -0.25) is 9.97 Å². The first-order valence-corrected chi connectivity index (χ1v) is 10.4. The zero-order valence-corrected chi connectivity index (χ0v) is 15.9. The fourth-order valence-electron chi connectivity index (χ4n) is 2.37. The maximum Gasteiger partial charge on any atom is 0.367 e. The fourth-order valence-corrected chi connectivity index (χ4v) is 5.28. The van der Waals surface area contributed by atoms with E-state index in [9.17, 15) is 9.83 Å². The van der Waals surface area contributed by atoms with E-state index in [1.54, 1.807) is 32.2 Å². The Kier molecular flexibility index (Phi) is 6.63. The number of nitrogens with zero attached hydrogens (tertiary/aromatic N) is 1. The molecule has 0 bridgehead atoms. The molecule has 0 aliphatic rings. The minimum Gasteiger partial charge on any atom is -0.437 e. The van der Waals surface area contributed by atoms with Gasteiger partial charge in [0.15, 0.2) is 5.76 Å². The number of thioether (sulfide) groups is 1. The zero-order chi connectivity index (χ0) is 18.4. The molecule has 0 aliphatic heterocycles. The first-order valence-electron chi connectivity index (χ1n) is 7.67. The van der Waals surface area contributed by atoms with Crippen LogP contribution in [0.3, 0.4) is 0 Å². The first-order chi connectivity index (χ1) is 12.0. The van der Waals surface area contributed by atoms with Crippen molar-refractivity contribution in [1.29, 1.82) is 10.7 Å². The van der Waals surface area contributed by atoms with Gasteiger partial charge in [-0.25, -0.2) is 0 Å². The molecule has 2 aromatic rings. The number of benzene rings is 1. The van der Waals surface area contributed by atoms with Crippen LogP contribution in [0.15, 0.2) is 39.6 Å². The lowest BCUT2D eigenvalue weighted by atomic mass is 10.1. The summed E-state index contributed by atoms with van der Waals surface area (Å²) in [7, 11) is -3.77. The zero-order valence-electron chi connectivity index (χ0n) is 14.2. The van der Waals surface area contributed by atoms with Gasteiger partial charge in [-0.05, 0) is 20.1 Å². The van der Waals surface area contributed by atoms with Crippen molar-refractivity contribution in [2.75, 3.05) is 19.5 Å². The molecule has 0 saturated carbocycles. The van der Waals surface area contributed by atoms with Gasteiger partial charge in [0, 0.05) is 10.5 Å².